The van der Waals surface area contributed by atoms with Gasteiger partial charge in [0.2, 0.25) is 21.8 Å². The number of unbranched alkanes of at least 4 members (excludes halogenated alkanes) is 1. The third-order valence-electron chi connectivity index (χ3n) is 5.13. The largest absolute Gasteiger partial charge is 0.354 e. The van der Waals surface area contributed by atoms with Crippen LogP contribution in [0.25, 0.3) is 0 Å². The highest BCUT2D eigenvalue weighted by Gasteiger charge is 2.30. The van der Waals surface area contributed by atoms with Crippen LogP contribution >= 0.6 is 11.6 Å². The number of benzene rings is 2. The van der Waals surface area contributed by atoms with Crippen LogP contribution in [0.5, 0.6) is 0 Å². The first-order chi connectivity index (χ1) is 15.9. The van der Waals surface area contributed by atoms with Crippen LogP contribution in [0.1, 0.15) is 32.3 Å². The van der Waals surface area contributed by atoms with Crippen molar-refractivity contribution in [2.45, 2.75) is 39.3 Å². The number of sulfonamides is 1. The lowest BCUT2D eigenvalue weighted by Gasteiger charge is -2.31. The molecule has 0 bridgehead atoms. The zero-order valence-corrected chi connectivity index (χ0v) is 20.8. The smallest absolute Gasteiger partial charge is 0.244 e. The van der Waals surface area contributed by atoms with Gasteiger partial charge in [-0.25, -0.2) is 17.2 Å². The Labute approximate surface area is 203 Å². The third-order valence-corrected chi connectivity index (χ3v) is 6.53. The molecule has 2 rings (SSSR count). The molecule has 7 nitrogen and oxygen atoms in total. The molecule has 1 N–H and O–H groups in total. The van der Waals surface area contributed by atoms with E-state index in [4.69, 9.17) is 11.6 Å². The van der Waals surface area contributed by atoms with Gasteiger partial charge in [-0.2, -0.15) is 0 Å². The Morgan fingerprint density at radius 1 is 1.09 bits per heavy atom. The van der Waals surface area contributed by atoms with Gasteiger partial charge in [0.25, 0.3) is 0 Å². The summed E-state index contributed by atoms with van der Waals surface area (Å²) in [6.45, 7) is 3.26. The Morgan fingerprint density at radius 2 is 1.74 bits per heavy atom. The van der Waals surface area contributed by atoms with E-state index in [1.54, 1.807) is 24.3 Å². The van der Waals surface area contributed by atoms with Gasteiger partial charge in [0.15, 0.2) is 11.6 Å². The maximum atomic E-state index is 13.8. The summed E-state index contributed by atoms with van der Waals surface area (Å²) in [4.78, 5) is 27.3. The number of hydrogen-bond donors (Lipinski definition) is 1. The van der Waals surface area contributed by atoms with Crippen molar-refractivity contribution in [3.05, 3.63) is 64.7 Å². The van der Waals surface area contributed by atoms with Gasteiger partial charge in [0.05, 0.1) is 11.9 Å². The molecule has 0 saturated heterocycles. The Morgan fingerprint density at radius 3 is 2.29 bits per heavy atom. The van der Waals surface area contributed by atoms with Crippen LogP contribution < -0.4 is 9.62 Å². The molecule has 0 radical (unpaired) electrons. The zero-order valence-electron chi connectivity index (χ0n) is 19.2. The second kappa shape index (κ2) is 12.1. The van der Waals surface area contributed by atoms with Crippen molar-refractivity contribution >= 4 is 39.1 Å². The number of halogens is 3. The number of hydrogen-bond acceptors (Lipinski definition) is 4. The fourth-order valence-electron chi connectivity index (χ4n) is 3.16. The van der Waals surface area contributed by atoms with Gasteiger partial charge in [-0.3, -0.25) is 13.9 Å². The van der Waals surface area contributed by atoms with Crippen molar-refractivity contribution in [2.75, 3.05) is 23.7 Å². The molecule has 2 amide bonds. The number of anilines is 1. The Kier molecular flexibility index (Phi) is 9.81. The van der Waals surface area contributed by atoms with E-state index in [1.165, 1.54) is 11.8 Å². The average Bonchev–Trinajstić information content (AvgIpc) is 2.77. The lowest BCUT2D eigenvalue weighted by atomic mass is 10.1. The molecule has 0 aromatic heterocycles. The van der Waals surface area contributed by atoms with Gasteiger partial charge in [0.1, 0.15) is 12.6 Å². The van der Waals surface area contributed by atoms with E-state index in [2.05, 4.69) is 5.32 Å². The van der Waals surface area contributed by atoms with E-state index in [1.807, 2.05) is 6.92 Å². The van der Waals surface area contributed by atoms with Crippen LogP contribution in [-0.2, 0) is 26.2 Å². The fraction of sp³-hybridized carbons (Fsp3) is 0.391. The molecule has 0 spiro atoms. The van der Waals surface area contributed by atoms with Gasteiger partial charge >= 0.3 is 0 Å². The number of carbonyl (C=O) groups excluding carboxylic acids is 2. The number of amides is 2. The monoisotopic (exact) mass is 515 g/mol. The average molecular weight is 516 g/mol. The molecule has 0 aliphatic rings. The highest BCUT2D eigenvalue weighted by molar-refractivity contribution is 7.92. The molecule has 0 unspecified atom stereocenters. The molecule has 0 aliphatic carbocycles. The molecule has 34 heavy (non-hydrogen) atoms. The summed E-state index contributed by atoms with van der Waals surface area (Å²) in [5, 5.41) is 3.26. The number of nitrogens with zero attached hydrogens (tertiary/aromatic N) is 2. The van der Waals surface area contributed by atoms with Crippen LogP contribution in [0.2, 0.25) is 5.02 Å². The second-order valence-electron chi connectivity index (χ2n) is 7.84. The van der Waals surface area contributed by atoms with Crippen LogP contribution in [0.15, 0.2) is 42.5 Å². The van der Waals surface area contributed by atoms with Gasteiger partial charge in [0, 0.05) is 24.2 Å². The lowest BCUT2D eigenvalue weighted by molar-refractivity contribution is -0.139. The predicted octanol–water partition coefficient (Wildman–Crippen LogP) is 3.72. The Bertz CT molecular complexity index is 1110. The van der Waals surface area contributed by atoms with Crippen molar-refractivity contribution < 1.29 is 26.8 Å². The van der Waals surface area contributed by atoms with Crippen molar-refractivity contribution in [1.82, 2.24) is 10.2 Å². The zero-order chi connectivity index (χ0) is 25.5. The summed E-state index contributed by atoms with van der Waals surface area (Å²) < 4.78 is 52.6. The quantitative estimate of drug-likeness (QED) is 0.462. The van der Waals surface area contributed by atoms with Crippen LogP contribution in [0.3, 0.4) is 0 Å². The molecule has 0 fully saturated rings. The van der Waals surface area contributed by atoms with E-state index in [0.717, 1.165) is 31.2 Å². The minimum absolute atomic E-state index is 0.00769. The number of rotatable bonds is 11. The second-order valence-corrected chi connectivity index (χ2v) is 10.2. The lowest BCUT2D eigenvalue weighted by Crippen LogP contribution is -2.51. The molecule has 0 saturated carbocycles. The van der Waals surface area contributed by atoms with Crippen molar-refractivity contribution in [3.8, 4) is 0 Å². The normalized spacial score (nSPS) is 12.2. The van der Waals surface area contributed by atoms with Crippen molar-refractivity contribution in [3.63, 3.8) is 0 Å². The van der Waals surface area contributed by atoms with Crippen LogP contribution in [0, 0.1) is 11.6 Å². The third kappa shape index (κ3) is 7.66. The summed E-state index contributed by atoms with van der Waals surface area (Å²) >= 11 is 5.93. The molecule has 0 aliphatic heterocycles. The predicted molar refractivity (Wildman–Crippen MR) is 128 cm³/mol. The number of nitrogens with one attached hydrogen (secondary N) is 1. The topological polar surface area (TPSA) is 86.8 Å². The fourth-order valence-corrected chi connectivity index (χ4v) is 4.13. The summed E-state index contributed by atoms with van der Waals surface area (Å²) in [6, 6.07) is 8.27. The molecule has 0 heterocycles. The van der Waals surface area contributed by atoms with Gasteiger partial charge < -0.3 is 10.2 Å². The Balaban J connectivity index is 2.35. The first-order valence-corrected chi connectivity index (χ1v) is 12.9. The molecule has 2 aromatic carbocycles. The van der Waals surface area contributed by atoms with E-state index >= 15 is 0 Å². The summed E-state index contributed by atoms with van der Waals surface area (Å²) in [5.41, 5.74) is 0.464. The highest BCUT2D eigenvalue weighted by Crippen LogP contribution is 2.22. The van der Waals surface area contributed by atoms with E-state index in [0.29, 0.717) is 27.5 Å². The van der Waals surface area contributed by atoms with Crippen molar-refractivity contribution in [1.29, 1.82) is 0 Å². The van der Waals surface area contributed by atoms with Crippen molar-refractivity contribution in [2.24, 2.45) is 0 Å². The molecular weight excluding hydrogens is 488 g/mol. The minimum Gasteiger partial charge on any atom is -0.354 e. The van der Waals surface area contributed by atoms with E-state index in [-0.39, 0.29) is 12.2 Å². The molecule has 11 heteroatoms. The highest BCUT2D eigenvalue weighted by atomic mass is 35.5. The standard InChI is InChI=1S/C23H28ClF2N3O4S/c1-4-5-12-27-23(31)16(2)28(14-17-6-8-18(24)9-7-17)22(30)15-29(34(3,32)33)19-10-11-20(25)21(26)13-19/h6-11,13,16H,4-5,12,14-15H2,1-3H3,(H,27,31)/t16-/m1/s1. The molecular formula is C23H28ClF2N3O4S. The van der Waals surface area contributed by atoms with Gasteiger partial charge in [-0.1, -0.05) is 37.1 Å². The minimum atomic E-state index is -4.04. The Hall–Kier alpha value is -2.72. The van der Waals surface area contributed by atoms with E-state index in [9.17, 15) is 26.8 Å². The van der Waals surface area contributed by atoms with Crippen LogP contribution in [0.4, 0.5) is 14.5 Å². The van der Waals surface area contributed by atoms with Gasteiger partial charge in [-0.05, 0) is 43.2 Å². The summed E-state index contributed by atoms with van der Waals surface area (Å²) in [5.74, 6) is -3.48. The summed E-state index contributed by atoms with van der Waals surface area (Å²) in [6.07, 6.45) is 2.49. The first-order valence-electron chi connectivity index (χ1n) is 10.7. The van der Waals surface area contributed by atoms with Crippen LogP contribution in [-0.4, -0.2) is 50.5 Å². The maximum Gasteiger partial charge on any atom is 0.244 e. The first kappa shape index (κ1) is 27.5. The summed E-state index contributed by atoms with van der Waals surface area (Å²) in [7, 11) is -4.04. The number of carbonyl (C=O) groups is 2. The SMILES string of the molecule is CCCCNC(=O)[C@@H](C)N(Cc1ccc(Cl)cc1)C(=O)CN(c1ccc(F)c(F)c1)S(C)(=O)=O. The molecule has 186 valence electrons. The molecule has 1 atom stereocenters. The van der Waals surface area contributed by atoms with Gasteiger partial charge in [-0.15, -0.1) is 0 Å². The maximum absolute atomic E-state index is 13.8. The van der Waals surface area contributed by atoms with E-state index < -0.39 is 46.1 Å². The molecule has 2 aromatic rings.